The minimum absolute atomic E-state index is 0.0614. The number of hydrogen-bond donors (Lipinski definition) is 1. The van der Waals surface area contributed by atoms with Crippen molar-refractivity contribution in [2.24, 2.45) is 5.10 Å². The summed E-state index contributed by atoms with van der Waals surface area (Å²) in [5.74, 6) is -0.167. The quantitative estimate of drug-likeness (QED) is 0.122. The van der Waals surface area contributed by atoms with Crippen molar-refractivity contribution < 1.29 is 4.79 Å². The molecule has 1 aliphatic rings. The highest BCUT2D eigenvalue weighted by Crippen LogP contribution is 2.35. The first-order chi connectivity index (χ1) is 18.6. The Morgan fingerprint density at radius 3 is 2.63 bits per heavy atom. The average Bonchev–Trinajstić information content (AvgIpc) is 3.33. The SMILES string of the molecule is CC(=NNC(=O)CSc1nc2sc3c(c2c(=O)n1-c1ccccc1)CCCC3)c1ccc2ccccc2c1. The second-order valence-corrected chi connectivity index (χ2v) is 11.4. The molecule has 38 heavy (non-hydrogen) atoms. The molecule has 1 amide bonds. The van der Waals surface area contributed by atoms with Crippen LogP contribution in [0.2, 0.25) is 0 Å². The first-order valence-corrected chi connectivity index (χ1v) is 14.5. The van der Waals surface area contributed by atoms with E-state index >= 15 is 0 Å². The molecule has 3 aromatic carbocycles. The van der Waals surface area contributed by atoms with E-state index in [2.05, 4.69) is 34.8 Å². The standard InChI is InChI=1S/C30H26N4O2S2/c1-19(21-16-15-20-9-5-6-10-22(20)17-21)32-33-26(35)18-37-30-31-28-27(24-13-7-8-14-25(24)38-28)29(36)34(30)23-11-3-2-4-12-23/h2-6,9-12,15-17H,7-8,13-14,18H2,1H3,(H,33,35). The maximum absolute atomic E-state index is 13.8. The van der Waals surface area contributed by atoms with Crippen molar-refractivity contribution in [2.75, 3.05) is 5.75 Å². The maximum atomic E-state index is 13.8. The Balaban J connectivity index is 1.25. The van der Waals surface area contributed by atoms with Gasteiger partial charge >= 0.3 is 0 Å². The van der Waals surface area contributed by atoms with Crippen LogP contribution < -0.4 is 11.0 Å². The van der Waals surface area contributed by atoms with E-state index in [1.807, 2.05) is 55.5 Å². The molecular formula is C30H26N4O2S2. The fourth-order valence-corrected chi connectivity index (χ4v) is 6.98. The fraction of sp³-hybridized carbons (Fsp3) is 0.200. The van der Waals surface area contributed by atoms with Crippen LogP contribution in [-0.4, -0.2) is 26.9 Å². The molecule has 1 aliphatic carbocycles. The van der Waals surface area contributed by atoms with E-state index in [-0.39, 0.29) is 17.2 Å². The molecule has 6 rings (SSSR count). The van der Waals surface area contributed by atoms with Gasteiger partial charge in [0, 0.05) is 4.88 Å². The highest BCUT2D eigenvalue weighted by Gasteiger charge is 2.23. The number of aromatic nitrogens is 2. The first kappa shape index (κ1) is 24.6. The number of rotatable bonds is 6. The Bertz CT molecular complexity index is 1760. The number of carbonyl (C=O) groups is 1. The van der Waals surface area contributed by atoms with Gasteiger partial charge in [-0.2, -0.15) is 5.10 Å². The van der Waals surface area contributed by atoms with Crippen molar-refractivity contribution in [3.63, 3.8) is 0 Å². The Labute approximate surface area is 228 Å². The largest absolute Gasteiger partial charge is 0.272 e. The Morgan fingerprint density at radius 1 is 1.03 bits per heavy atom. The van der Waals surface area contributed by atoms with Gasteiger partial charge in [-0.15, -0.1) is 11.3 Å². The van der Waals surface area contributed by atoms with Gasteiger partial charge in [0.1, 0.15) is 4.83 Å². The zero-order valence-corrected chi connectivity index (χ0v) is 22.6. The Kier molecular flexibility index (Phi) is 6.82. The summed E-state index contributed by atoms with van der Waals surface area (Å²) in [4.78, 5) is 33.5. The van der Waals surface area contributed by atoms with Crippen LogP contribution in [-0.2, 0) is 17.6 Å². The van der Waals surface area contributed by atoms with Gasteiger partial charge in [0.25, 0.3) is 11.5 Å². The topological polar surface area (TPSA) is 76.3 Å². The molecule has 2 aromatic heterocycles. The molecule has 0 spiro atoms. The van der Waals surface area contributed by atoms with Gasteiger partial charge in [0.2, 0.25) is 0 Å². The van der Waals surface area contributed by atoms with Gasteiger partial charge in [-0.05, 0) is 72.7 Å². The highest BCUT2D eigenvalue weighted by molar-refractivity contribution is 7.99. The lowest BCUT2D eigenvalue weighted by Crippen LogP contribution is -2.24. The molecule has 2 heterocycles. The smallest absolute Gasteiger partial charge is 0.267 e. The van der Waals surface area contributed by atoms with E-state index in [1.54, 1.807) is 15.9 Å². The molecule has 0 radical (unpaired) electrons. The number of amides is 1. The second-order valence-electron chi connectivity index (χ2n) is 9.34. The van der Waals surface area contributed by atoms with Crippen LogP contribution in [0.1, 0.15) is 35.8 Å². The summed E-state index contributed by atoms with van der Waals surface area (Å²) in [5.41, 5.74) is 6.18. The number of para-hydroxylation sites is 1. The summed E-state index contributed by atoms with van der Waals surface area (Å²) in [6, 6.07) is 23.8. The molecule has 0 atom stereocenters. The molecule has 190 valence electrons. The van der Waals surface area contributed by atoms with E-state index in [0.29, 0.717) is 5.16 Å². The third-order valence-electron chi connectivity index (χ3n) is 6.82. The van der Waals surface area contributed by atoms with Crippen LogP contribution in [0.5, 0.6) is 0 Å². The van der Waals surface area contributed by atoms with Crippen molar-refractivity contribution in [3.8, 4) is 5.69 Å². The number of nitrogens with one attached hydrogen (secondary N) is 1. The summed E-state index contributed by atoms with van der Waals surface area (Å²) >= 11 is 2.87. The van der Waals surface area contributed by atoms with Gasteiger partial charge in [-0.1, -0.05) is 66.4 Å². The van der Waals surface area contributed by atoms with Crippen molar-refractivity contribution in [1.82, 2.24) is 15.0 Å². The summed E-state index contributed by atoms with van der Waals surface area (Å²) in [6.07, 6.45) is 4.16. The van der Waals surface area contributed by atoms with Crippen molar-refractivity contribution >= 4 is 55.7 Å². The number of hydrazone groups is 1. The Morgan fingerprint density at radius 2 is 1.79 bits per heavy atom. The van der Waals surface area contributed by atoms with Crippen molar-refractivity contribution in [3.05, 3.63) is 99.2 Å². The molecule has 0 fully saturated rings. The molecule has 8 heteroatoms. The third-order valence-corrected chi connectivity index (χ3v) is 8.94. The Hall–Kier alpha value is -3.75. The van der Waals surface area contributed by atoms with Crippen LogP contribution >= 0.6 is 23.1 Å². The lowest BCUT2D eigenvalue weighted by molar-refractivity contribution is -0.118. The molecular weight excluding hydrogens is 512 g/mol. The molecule has 1 N–H and O–H groups in total. The van der Waals surface area contributed by atoms with Crippen LogP contribution in [0.15, 0.2) is 87.8 Å². The molecule has 0 unspecified atom stereocenters. The second kappa shape index (κ2) is 10.6. The van der Waals surface area contributed by atoms with Gasteiger partial charge in [-0.25, -0.2) is 10.4 Å². The van der Waals surface area contributed by atoms with Crippen LogP contribution in [0.4, 0.5) is 0 Å². The number of carbonyl (C=O) groups excluding carboxylic acids is 1. The maximum Gasteiger partial charge on any atom is 0.267 e. The zero-order valence-electron chi connectivity index (χ0n) is 20.9. The predicted molar refractivity (Wildman–Crippen MR) is 157 cm³/mol. The number of hydrogen-bond acceptors (Lipinski definition) is 6. The van der Waals surface area contributed by atoms with E-state index < -0.39 is 0 Å². The lowest BCUT2D eigenvalue weighted by atomic mass is 9.97. The third kappa shape index (κ3) is 4.77. The van der Waals surface area contributed by atoms with E-state index in [0.717, 1.165) is 69.2 Å². The van der Waals surface area contributed by atoms with Crippen molar-refractivity contribution in [1.29, 1.82) is 0 Å². The number of nitrogens with zero attached hydrogens (tertiary/aromatic N) is 3. The summed E-state index contributed by atoms with van der Waals surface area (Å²) in [6.45, 7) is 1.87. The highest BCUT2D eigenvalue weighted by atomic mass is 32.2. The van der Waals surface area contributed by atoms with Crippen LogP contribution in [0.3, 0.4) is 0 Å². The molecule has 6 nitrogen and oxygen atoms in total. The van der Waals surface area contributed by atoms with Gasteiger partial charge < -0.3 is 0 Å². The first-order valence-electron chi connectivity index (χ1n) is 12.7. The number of thioether (sulfide) groups is 1. The molecule has 0 bridgehead atoms. The normalized spacial score (nSPS) is 13.6. The van der Waals surface area contributed by atoms with Crippen molar-refractivity contribution in [2.45, 2.75) is 37.8 Å². The van der Waals surface area contributed by atoms with Crippen LogP contribution in [0.25, 0.3) is 26.7 Å². The fourth-order valence-electron chi connectivity index (χ4n) is 4.88. The van der Waals surface area contributed by atoms with E-state index in [4.69, 9.17) is 4.98 Å². The van der Waals surface area contributed by atoms with Gasteiger partial charge in [0.05, 0.1) is 22.5 Å². The minimum Gasteiger partial charge on any atom is -0.272 e. The van der Waals surface area contributed by atoms with Gasteiger partial charge in [-0.3, -0.25) is 14.2 Å². The molecule has 0 aliphatic heterocycles. The van der Waals surface area contributed by atoms with Crippen LogP contribution in [0, 0.1) is 0 Å². The molecule has 5 aromatic rings. The zero-order chi connectivity index (χ0) is 26.1. The monoisotopic (exact) mass is 538 g/mol. The summed E-state index contributed by atoms with van der Waals surface area (Å²) < 4.78 is 1.64. The number of thiophene rings is 1. The molecule has 0 saturated heterocycles. The number of fused-ring (bicyclic) bond motifs is 4. The van der Waals surface area contributed by atoms with Gasteiger partial charge in [0.15, 0.2) is 5.16 Å². The average molecular weight is 539 g/mol. The predicted octanol–water partition coefficient (Wildman–Crippen LogP) is 6.11. The number of aryl methyl sites for hydroxylation is 2. The summed E-state index contributed by atoms with van der Waals surface area (Å²) in [5, 5.41) is 7.85. The number of benzene rings is 3. The summed E-state index contributed by atoms with van der Waals surface area (Å²) in [7, 11) is 0. The lowest BCUT2D eigenvalue weighted by Gasteiger charge is -2.13. The minimum atomic E-state index is -0.255. The molecule has 0 saturated carbocycles. The van der Waals surface area contributed by atoms with E-state index in [9.17, 15) is 9.59 Å². The van der Waals surface area contributed by atoms with E-state index in [1.165, 1.54) is 16.6 Å².